The summed E-state index contributed by atoms with van der Waals surface area (Å²) in [6.45, 7) is 2.19. The van der Waals surface area contributed by atoms with Gasteiger partial charge in [-0.2, -0.15) is 0 Å². The molecule has 1 aromatic carbocycles. The molecule has 3 fully saturated rings. The van der Waals surface area contributed by atoms with E-state index in [1.54, 1.807) is 17.0 Å². The predicted octanol–water partition coefficient (Wildman–Crippen LogP) is 1.12. The van der Waals surface area contributed by atoms with Crippen molar-refractivity contribution in [1.29, 1.82) is 0 Å². The molecule has 0 aromatic heterocycles. The molecular weight excluding hydrogens is 354 g/mol. The standard InChI is InChI=1S/C18H21N3O6/c22-17(15-13-5-6-14(27-13)16(15)18(23)24)20-9-7-19(8-10-20)11-1-3-12(4-2-11)21(25)26/h1-4,13-16H,5-10H2,(H,23,24). The van der Waals surface area contributed by atoms with E-state index in [1.165, 1.54) is 12.1 Å². The number of amides is 1. The average Bonchev–Trinajstić information content (AvgIpc) is 3.29. The van der Waals surface area contributed by atoms with Crippen LogP contribution in [0.1, 0.15) is 12.8 Å². The maximum Gasteiger partial charge on any atom is 0.310 e. The van der Waals surface area contributed by atoms with Gasteiger partial charge in [0.25, 0.3) is 5.69 Å². The number of carboxylic acid groups (broad SMARTS) is 1. The zero-order chi connectivity index (χ0) is 19.1. The Hall–Kier alpha value is -2.68. The molecule has 2 bridgehead atoms. The van der Waals surface area contributed by atoms with Crippen LogP contribution >= 0.6 is 0 Å². The lowest BCUT2D eigenvalue weighted by Crippen LogP contribution is -2.53. The van der Waals surface area contributed by atoms with Crippen LogP contribution in [0.5, 0.6) is 0 Å². The molecule has 3 heterocycles. The van der Waals surface area contributed by atoms with E-state index in [1.807, 2.05) is 0 Å². The van der Waals surface area contributed by atoms with Crippen molar-refractivity contribution in [3.05, 3.63) is 34.4 Å². The van der Waals surface area contributed by atoms with E-state index < -0.39 is 22.7 Å². The highest BCUT2D eigenvalue weighted by molar-refractivity contribution is 5.86. The summed E-state index contributed by atoms with van der Waals surface area (Å²) in [6.07, 6.45) is 0.826. The van der Waals surface area contributed by atoms with Crippen LogP contribution in [-0.4, -0.2) is 65.2 Å². The molecule has 3 saturated heterocycles. The van der Waals surface area contributed by atoms with Crippen molar-refractivity contribution in [2.24, 2.45) is 11.8 Å². The number of nitro benzene ring substituents is 1. The first-order valence-corrected chi connectivity index (χ1v) is 9.12. The highest BCUT2D eigenvalue weighted by Gasteiger charge is 2.56. The second-order valence-electron chi connectivity index (χ2n) is 7.27. The first kappa shape index (κ1) is 17.7. The molecule has 0 spiro atoms. The van der Waals surface area contributed by atoms with Gasteiger partial charge < -0.3 is 19.6 Å². The van der Waals surface area contributed by atoms with Crippen LogP contribution in [0.15, 0.2) is 24.3 Å². The Bertz CT molecular complexity index is 759. The highest BCUT2D eigenvalue weighted by Crippen LogP contribution is 2.44. The minimum atomic E-state index is -0.954. The number of carbonyl (C=O) groups is 2. The zero-order valence-corrected chi connectivity index (χ0v) is 14.7. The highest BCUT2D eigenvalue weighted by atomic mass is 16.6. The number of carbonyl (C=O) groups excluding carboxylic acids is 1. The summed E-state index contributed by atoms with van der Waals surface area (Å²) in [6, 6.07) is 6.35. The van der Waals surface area contributed by atoms with Gasteiger partial charge >= 0.3 is 5.97 Å². The smallest absolute Gasteiger partial charge is 0.310 e. The van der Waals surface area contributed by atoms with Gasteiger partial charge in [0.2, 0.25) is 5.91 Å². The van der Waals surface area contributed by atoms with Crippen LogP contribution in [-0.2, 0) is 14.3 Å². The summed E-state index contributed by atoms with van der Waals surface area (Å²) in [5, 5.41) is 20.3. The second kappa shape index (κ2) is 6.80. The molecule has 1 N–H and O–H groups in total. The Balaban J connectivity index is 1.39. The van der Waals surface area contributed by atoms with E-state index >= 15 is 0 Å². The topological polar surface area (TPSA) is 113 Å². The predicted molar refractivity (Wildman–Crippen MR) is 94.4 cm³/mol. The Morgan fingerprint density at radius 2 is 1.63 bits per heavy atom. The Morgan fingerprint density at radius 3 is 2.19 bits per heavy atom. The van der Waals surface area contributed by atoms with Crippen molar-refractivity contribution >= 4 is 23.3 Å². The number of benzene rings is 1. The molecule has 4 atom stereocenters. The lowest BCUT2D eigenvalue weighted by molar-refractivity contribution is -0.384. The van der Waals surface area contributed by atoms with Gasteiger partial charge in [-0.15, -0.1) is 0 Å². The van der Waals surface area contributed by atoms with Crippen molar-refractivity contribution in [3.8, 4) is 0 Å². The second-order valence-corrected chi connectivity index (χ2v) is 7.27. The minimum absolute atomic E-state index is 0.0450. The first-order valence-electron chi connectivity index (χ1n) is 9.12. The van der Waals surface area contributed by atoms with Crippen LogP contribution in [0.25, 0.3) is 0 Å². The van der Waals surface area contributed by atoms with Crippen LogP contribution < -0.4 is 4.90 Å². The van der Waals surface area contributed by atoms with Gasteiger partial charge in [-0.25, -0.2) is 0 Å². The molecule has 144 valence electrons. The average molecular weight is 375 g/mol. The van der Waals surface area contributed by atoms with Crippen molar-refractivity contribution in [3.63, 3.8) is 0 Å². The number of nitrogens with zero attached hydrogens (tertiary/aromatic N) is 3. The van der Waals surface area contributed by atoms with Crippen LogP contribution in [0.3, 0.4) is 0 Å². The monoisotopic (exact) mass is 375 g/mol. The lowest BCUT2D eigenvalue weighted by atomic mass is 9.78. The molecule has 1 aromatic rings. The fourth-order valence-electron chi connectivity index (χ4n) is 4.49. The molecule has 1 amide bonds. The lowest BCUT2D eigenvalue weighted by Gasteiger charge is -2.38. The first-order chi connectivity index (χ1) is 13.0. The minimum Gasteiger partial charge on any atom is -0.481 e. The number of hydrogen-bond donors (Lipinski definition) is 1. The SMILES string of the molecule is O=C(O)C1C2CCC(O2)C1C(=O)N1CCN(c2ccc([N+](=O)[O-])cc2)CC1. The van der Waals surface area contributed by atoms with Crippen LogP contribution in [0, 0.1) is 22.0 Å². The number of piperazine rings is 1. The van der Waals surface area contributed by atoms with E-state index in [2.05, 4.69) is 4.90 Å². The third-order valence-electron chi connectivity index (χ3n) is 5.86. The van der Waals surface area contributed by atoms with Crippen molar-refractivity contribution in [1.82, 2.24) is 4.90 Å². The van der Waals surface area contributed by atoms with Crippen LogP contribution in [0.2, 0.25) is 0 Å². The van der Waals surface area contributed by atoms with Gasteiger partial charge in [0.05, 0.1) is 29.0 Å². The molecule has 27 heavy (non-hydrogen) atoms. The molecule has 0 saturated carbocycles. The maximum atomic E-state index is 13.0. The van der Waals surface area contributed by atoms with Gasteiger partial charge in [-0.1, -0.05) is 0 Å². The normalized spacial score (nSPS) is 29.8. The largest absolute Gasteiger partial charge is 0.481 e. The third-order valence-corrected chi connectivity index (χ3v) is 5.86. The van der Waals surface area contributed by atoms with E-state index in [9.17, 15) is 24.8 Å². The summed E-state index contributed by atoms with van der Waals surface area (Å²) in [7, 11) is 0. The summed E-state index contributed by atoms with van der Waals surface area (Å²) in [4.78, 5) is 38.7. The number of anilines is 1. The number of fused-ring (bicyclic) bond motifs is 2. The number of hydrogen-bond acceptors (Lipinski definition) is 6. The number of nitro groups is 1. The Morgan fingerprint density at radius 1 is 1.04 bits per heavy atom. The van der Waals surface area contributed by atoms with Crippen molar-refractivity contribution in [2.75, 3.05) is 31.1 Å². The van der Waals surface area contributed by atoms with E-state index in [4.69, 9.17) is 4.74 Å². The number of carboxylic acids is 1. The fraction of sp³-hybridized carbons (Fsp3) is 0.556. The quantitative estimate of drug-likeness (QED) is 0.620. The molecule has 9 heteroatoms. The van der Waals surface area contributed by atoms with Gasteiger partial charge in [0, 0.05) is 44.0 Å². The molecule has 3 aliphatic heterocycles. The molecule has 0 radical (unpaired) electrons. The van der Waals surface area contributed by atoms with Gasteiger partial charge in [-0.05, 0) is 25.0 Å². The van der Waals surface area contributed by atoms with Crippen LogP contribution in [0.4, 0.5) is 11.4 Å². The third kappa shape index (κ3) is 3.12. The van der Waals surface area contributed by atoms with E-state index in [0.29, 0.717) is 32.6 Å². The summed E-state index contributed by atoms with van der Waals surface area (Å²) >= 11 is 0. The number of aliphatic carboxylic acids is 1. The fourth-order valence-corrected chi connectivity index (χ4v) is 4.49. The van der Waals surface area contributed by atoms with Crippen molar-refractivity contribution < 1.29 is 24.4 Å². The molecule has 4 unspecified atom stereocenters. The van der Waals surface area contributed by atoms with E-state index in [0.717, 1.165) is 12.1 Å². The van der Waals surface area contributed by atoms with Gasteiger partial charge in [0.15, 0.2) is 0 Å². The number of non-ortho nitro benzene ring substituents is 1. The zero-order valence-electron chi connectivity index (χ0n) is 14.7. The summed E-state index contributed by atoms with van der Waals surface area (Å²) in [5.74, 6) is -2.42. The molecule has 4 rings (SSSR count). The van der Waals surface area contributed by atoms with Gasteiger partial charge in [0.1, 0.15) is 0 Å². The number of rotatable bonds is 4. The molecule has 0 aliphatic carbocycles. The maximum absolute atomic E-state index is 13.0. The Labute approximate surface area is 155 Å². The van der Waals surface area contributed by atoms with Crippen molar-refractivity contribution in [2.45, 2.75) is 25.0 Å². The number of ether oxygens (including phenoxy) is 1. The molecule has 9 nitrogen and oxygen atoms in total. The molecular formula is C18H21N3O6. The van der Waals surface area contributed by atoms with Gasteiger partial charge in [-0.3, -0.25) is 19.7 Å². The summed E-state index contributed by atoms with van der Waals surface area (Å²) < 4.78 is 5.70. The summed E-state index contributed by atoms with van der Waals surface area (Å²) in [5.41, 5.74) is 0.919. The molecule has 3 aliphatic rings. The Kier molecular flexibility index (Phi) is 4.47. The van der Waals surface area contributed by atoms with E-state index in [-0.39, 0.29) is 23.8 Å².